The quantitative estimate of drug-likeness (QED) is 0.345. The molecule has 0 saturated carbocycles. The van der Waals surface area contributed by atoms with Crippen LogP contribution in [-0.4, -0.2) is 31.1 Å². The van der Waals surface area contributed by atoms with Crippen molar-refractivity contribution in [2.75, 3.05) is 19.1 Å². The van der Waals surface area contributed by atoms with Gasteiger partial charge in [-0.15, -0.1) is 0 Å². The largest absolute Gasteiger partial charge is 0.466 e. The van der Waals surface area contributed by atoms with E-state index in [0.717, 1.165) is 0 Å². The predicted molar refractivity (Wildman–Crippen MR) is 144 cm³/mol. The van der Waals surface area contributed by atoms with Crippen molar-refractivity contribution in [3.05, 3.63) is 106 Å². The first kappa shape index (κ1) is 25.6. The molecule has 1 unspecified atom stereocenters. The number of methoxy groups -OCH3 is 2. The summed E-state index contributed by atoms with van der Waals surface area (Å²) in [5.74, 6) is -2.36. The lowest BCUT2D eigenvalue weighted by Gasteiger charge is -2.35. The topological polar surface area (TPSA) is 132 Å². The molecule has 2 N–H and O–H groups in total. The second-order valence-electron chi connectivity index (χ2n) is 8.49. The van der Waals surface area contributed by atoms with Gasteiger partial charge in [-0.3, -0.25) is 4.90 Å². The Labute approximate surface area is 228 Å². The number of nitrogens with two attached hydrogens (primary N) is 1. The maximum Gasteiger partial charge on any atom is 0.355 e. The van der Waals surface area contributed by atoms with Crippen LogP contribution in [0.2, 0.25) is 5.02 Å². The number of rotatable bonds is 5. The maximum absolute atomic E-state index is 13.2. The molecule has 9 nitrogen and oxygen atoms in total. The molecular weight excluding hydrogens is 520 g/mol. The Bertz CT molecular complexity index is 1720. The molecule has 10 heteroatoms. The average molecular weight is 541 g/mol. The van der Waals surface area contributed by atoms with Crippen molar-refractivity contribution in [1.29, 1.82) is 5.26 Å². The molecule has 0 radical (unpaired) electrons. The maximum atomic E-state index is 13.2. The highest BCUT2D eigenvalue weighted by atomic mass is 35.5. The van der Waals surface area contributed by atoms with E-state index in [-0.39, 0.29) is 22.7 Å². The summed E-state index contributed by atoms with van der Waals surface area (Å²) in [5.41, 5.74) is 8.76. The van der Waals surface area contributed by atoms with E-state index in [4.69, 9.17) is 31.2 Å². The van der Waals surface area contributed by atoms with E-state index in [0.29, 0.717) is 38.8 Å². The third-order valence-electron chi connectivity index (χ3n) is 6.34. The normalized spacial score (nSPS) is 15.3. The zero-order valence-corrected chi connectivity index (χ0v) is 21.6. The van der Waals surface area contributed by atoms with Crippen molar-refractivity contribution in [2.45, 2.75) is 5.92 Å². The van der Waals surface area contributed by atoms with Gasteiger partial charge in [0, 0.05) is 6.07 Å². The van der Waals surface area contributed by atoms with Gasteiger partial charge >= 0.3 is 11.9 Å². The summed E-state index contributed by atoms with van der Waals surface area (Å²) in [7, 11) is 2.39. The van der Waals surface area contributed by atoms with Crippen LogP contribution in [-0.2, 0) is 19.1 Å². The Morgan fingerprint density at radius 3 is 2.38 bits per heavy atom. The molecule has 0 amide bonds. The molecule has 5 rings (SSSR count). The lowest BCUT2D eigenvalue weighted by Crippen LogP contribution is -2.40. The van der Waals surface area contributed by atoms with Crippen LogP contribution in [0.25, 0.3) is 22.6 Å². The number of nitrogens with zero attached hydrogens (tertiary/aromatic N) is 3. The van der Waals surface area contributed by atoms with E-state index in [1.54, 1.807) is 66.7 Å². The van der Waals surface area contributed by atoms with Gasteiger partial charge in [0.15, 0.2) is 5.58 Å². The Morgan fingerprint density at radius 1 is 1.03 bits per heavy atom. The van der Waals surface area contributed by atoms with Crippen LogP contribution in [0.3, 0.4) is 0 Å². The second kappa shape index (κ2) is 10.4. The molecule has 1 aromatic heterocycles. The van der Waals surface area contributed by atoms with E-state index >= 15 is 0 Å². The standard InChI is InChI=1S/C29H21ClN4O5/c1-37-28(35)24-23(16-8-4-3-5-9-16)19(15-31)26(32)34(25(24)29(36)38-2)17-12-13-21-22(14-17)39-27(33-21)18-10-6-7-11-20(18)30/h3-14,23H,32H2,1-2H3. The van der Waals surface area contributed by atoms with E-state index in [2.05, 4.69) is 11.1 Å². The Morgan fingerprint density at radius 2 is 1.72 bits per heavy atom. The number of anilines is 1. The fourth-order valence-electron chi connectivity index (χ4n) is 4.58. The predicted octanol–water partition coefficient (Wildman–Crippen LogP) is 5.05. The number of carbonyl (C=O) groups excluding carboxylic acids is 2. The van der Waals surface area contributed by atoms with E-state index < -0.39 is 17.9 Å². The van der Waals surface area contributed by atoms with Gasteiger partial charge < -0.3 is 19.6 Å². The first-order valence-electron chi connectivity index (χ1n) is 11.7. The fraction of sp³-hybridized carbons (Fsp3) is 0.103. The van der Waals surface area contributed by atoms with Crippen LogP contribution in [0, 0.1) is 11.3 Å². The van der Waals surface area contributed by atoms with Crippen molar-refractivity contribution < 1.29 is 23.5 Å². The molecule has 4 aromatic rings. The molecule has 3 aromatic carbocycles. The van der Waals surface area contributed by atoms with Gasteiger partial charge in [0.2, 0.25) is 5.89 Å². The SMILES string of the molecule is COC(=O)C1=C(C(=O)OC)N(c2ccc3nc(-c4ccccc4Cl)oc3c2)C(N)=C(C#N)C1c1ccccc1. The minimum absolute atomic E-state index is 0.0513. The molecular formula is C29H21ClN4O5. The highest BCUT2D eigenvalue weighted by molar-refractivity contribution is 6.33. The smallest absolute Gasteiger partial charge is 0.355 e. The van der Waals surface area contributed by atoms with E-state index in [1.165, 1.54) is 19.1 Å². The van der Waals surface area contributed by atoms with Crippen molar-refractivity contribution >= 4 is 40.3 Å². The number of ether oxygens (including phenoxy) is 2. The number of carbonyl (C=O) groups is 2. The van der Waals surface area contributed by atoms with Gasteiger partial charge in [0.25, 0.3) is 0 Å². The Balaban J connectivity index is 1.75. The molecule has 2 heterocycles. The number of hydrogen-bond acceptors (Lipinski definition) is 9. The van der Waals surface area contributed by atoms with E-state index in [9.17, 15) is 14.9 Å². The van der Waals surface area contributed by atoms with Crippen LogP contribution < -0.4 is 10.6 Å². The summed E-state index contributed by atoms with van der Waals surface area (Å²) in [4.78, 5) is 32.3. The van der Waals surface area contributed by atoms with E-state index in [1.807, 2.05) is 6.07 Å². The van der Waals surface area contributed by atoms with Gasteiger partial charge in [-0.25, -0.2) is 14.6 Å². The average Bonchev–Trinajstić information content (AvgIpc) is 3.39. The summed E-state index contributed by atoms with van der Waals surface area (Å²) in [6.07, 6.45) is 0. The molecule has 0 fully saturated rings. The zero-order valence-electron chi connectivity index (χ0n) is 20.8. The van der Waals surface area contributed by atoms with Crippen LogP contribution in [0.5, 0.6) is 0 Å². The van der Waals surface area contributed by atoms with Crippen molar-refractivity contribution in [1.82, 2.24) is 4.98 Å². The molecule has 0 bridgehead atoms. The molecule has 0 spiro atoms. The van der Waals surface area contributed by atoms with Crippen molar-refractivity contribution in [2.24, 2.45) is 5.73 Å². The third kappa shape index (κ3) is 4.37. The Kier molecular flexibility index (Phi) is 6.79. The summed E-state index contributed by atoms with van der Waals surface area (Å²) < 4.78 is 16.1. The number of oxazole rings is 1. The summed E-state index contributed by atoms with van der Waals surface area (Å²) in [5, 5.41) is 10.7. The number of aromatic nitrogens is 1. The first-order valence-corrected chi connectivity index (χ1v) is 12.1. The lowest BCUT2D eigenvalue weighted by molar-refractivity contribution is -0.139. The molecule has 1 atom stereocenters. The molecule has 0 aliphatic carbocycles. The molecule has 0 saturated heterocycles. The number of nitriles is 1. The van der Waals surface area contributed by atoms with Gasteiger partial charge in [0.05, 0.1) is 53.6 Å². The molecule has 1 aliphatic heterocycles. The minimum Gasteiger partial charge on any atom is -0.466 e. The van der Waals surface area contributed by atoms with Crippen molar-refractivity contribution in [3.8, 4) is 17.5 Å². The van der Waals surface area contributed by atoms with Crippen molar-refractivity contribution in [3.63, 3.8) is 0 Å². The lowest BCUT2D eigenvalue weighted by atomic mass is 9.81. The number of fused-ring (bicyclic) bond motifs is 1. The monoisotopic (exact) mass is 540 g/mol. The molecule has 194 valence electrons. The highest BCUT2D eigenvalue weighted by Crippen LogP contribution is 2.43. The van der Waals surface area contributed by atoms with Crippen LogP contribution in [0.4, 0.5) is 5.69 Å². The molecule has 1 aliphatic rings. The Hall–Kier alpha value is -5.07. The van der Waals surface area contributed by atoms with Crippen LogP contribution in [0.1, 0.15) is 11.5 Å². The zero-order chi connectivity index (χ0) is 27.7. The summed E-state index contributed by atoms with van der Waals surface area (Å²) >= 11 is 6.32. The highest BCUT2D eigenvalue weighted by Gasteiger charge is 2.43. The number of hydrogen-bond donors (Lipinski definition) is 1. The van der Waals surface area contributed by atoms with Crippen LogP contribution >= 0.6 is 11.6 Å². The number of esters is 2. The van der Waals surface area contributed by atoms with Gasteiger partial charge in [0.1, 0.15) is 17.0 Å². The number of allylic oxidation sites excluding steroid dienone is 1. The number of benzene rings is 3. The first-order chi connectivity index (χ1) is 18.9. The second-order valence-corrected chi connectivity index (χ2v) is 8.89. The third-order valence-corrected chi connectivity index (χ3v) is 6.67. The number of halogens is 1. The minimum atomic E-state index is -0.963. The summed E-state index contributed by atoms with van der Waals surface area (Å²) in [6.45, 7) is 0. The van der Waals surface area contributed by atoms with Gasteiger partial charge in [-0.2, -0.15) is 5.26 Å². The van der Waals surface area contributed by atoms with Crippen LogP contribution in [0.15, 0.2) is 99.9 Å². The molecule has 39 heavy (non-hydrogen) atoms. The fourth-order valence-corrected chi connectivity index (χ4v) is 4.80. The van der Waals surface area contributed by atoms with Gasteiger partial charge in [-0.1, -0.05) is 54.1 Å². The van der Waals surface area contributed by atoms with Gasteiger partial charge in [-0.05, 0) is 29.8 Å². The summed E-state index contributed by atoms with van der Waals surface area (Å²) in [6, 6.07) is 22.9.